The van der Waals surface area contributed by atoms with E-state index in [1.807, 2.05) is 0 Å². The number of allylic oxidation sites excluding steroid dienone is 1. The lowest BCUT2D eigenvalue weighted by Crippen LogP contribution is -2.17. The van der Waals surface area contributed by atoms with Gasteiger partial charge in [-0.15, -0.1) is 0 Å². The van der Waals surface area contributed by atoms with Crippen LogP contribution in [0.4, 0.5) is 0 Å². The van der Waals surface area contributed by atoms with Crippen molar-refractivity contribution in [2.45, 2.75) is 0 Å². The number of aldehydes is 1. The van der Waals surface area contributed by atoms with Gasteiger partial charge in [0.15, 0.2) is 0 Å². The van der Waals surface area contributed by atoms with Gasteiger partial charge in [0.1, 0.15) is 12.8 Å². The maximum Gasteiger partial charge on any atom is 0.319 e. The molecule has 0 saturated carbocycles. The van der Waals surface area contributed by atoms with Crippen molar-refractivity contribution in [3.8, 4) is 0 Å². The summed E-state index contributed by atoms with van der Waals surface area (Å²) in [5.41, 5.74) is 1.47. The molecule has 0 radical (unpaired) electrons. The Bertz CT molecular complexity index is 106. The van der Waals surface area contributed by atoms with E-state index in [1.54, 1.807) is 0 Å². The van der Waals surface area contributed by atoms with Crippen LogP contribution in [0.2, 0.25) is 0 Å². The Balaban J connectivity index is 0. The molecule has 0 aliphatic rings. The Hall–Kier alpha value is -1.20. The molecular weight excluding hydrogens is 138 g/mol. The Morgan fingerprint density at radius 2 is 2.10 bits per heavy atom. The molecule has 10 heavy (non-hydrogen) atoms. The average Bonchev–Trinajstić information content (AvgIpc) is 1.89. The summed E-state index contributed by atoms with van der Waals surface area (Å²) in [5, 5.41) is 15.3. The molecule has 0 rings (SSSR count). The monoisotopic (exact) mass is 147 g/mol. The molecule has 0 aromatic rings. The zero-order valence-electron chi connectivity index (χ0n) is 5.28. The Morgan fingerprint density at radius 1 is 1.70 bits per heavy atom. The Kier molecular flexibility index (Phi) is 12.4. The highest BCUT2D eigenvalue weighted by molar-refractivity contribution is 5.68. The molecule has 5 heteroatoms. The predicted octanol–water partition coefficient (Wildman–Crippen LogP) is -0.579. The summed E-state index contributed by atoms with van der Waals surface area (Å²) in [4.78, 5) is 18.4. The molecule has 58 valence electrons. The maximum absolute atomic E-state index is 9.38. The number of carbonyl (C=O) groups excluding carboxylic acids is 1. The van der Waals surface area contributed by atoms with Crippen molar-refractivity contribution in [3.63, 3.8) is 0 Å². The Labute approximate surface area is 57.9 Å². The van der Waals surface area contributed by atoms with Gasteiger partial charge in [-0.05, 0) is 6.08 Å². The van der Waals surface area contributed by atoms with E-state index in [0.717, 1.165) is 0 Å². The third kappa shape index (κ3) is 29.2. The van der Waals surface area contributed by atoms with Gasteiger partial charge in [-0.25, -0.2) is 0 Å². The summed E-state index contributed by atoms with van der Waals surface area (Å²) >= 11 is 0. The molecule has 0 unspecified atom stereocenters. The lowest BCUT2D eigenvalue weighted by atomic mass is 10.7. The van der Waals surface area contributed by atoms with Gasteiger partial charge in [-0.3, -0.25) is 9.59 Å². The highest BCUT2D eigenvalue weighted by Gasteiger charge is 1.87. The first-order valence-corrected chi connectivity index (χ1v) is 2.34. The largest absolute Gasteiger partial charge is 0.480 e. The first-order chi connectivity index (χ1) is 4.68. The minimum atomic E-state index is -1.07. The van der Waals surface area contributed by atoms with Gasteiger partial charge in [-0.1, -0.05) is 6.58 Å². The van der Waals surface area contributed by atoms with Crippen LogP contribution in [0.15, 0.2) is 12.7 Å². The first kappa shape index (κ1) is 11.6. The second-order valence-electron chi connectivity index (χ2n) is 1.10. The van der Waals surface area contributed by atoms with Crippen molar-refractivity contribution in [3.05, 3.63) is 12.7 Å². The number of rotatable bonds is 3. The van der Waals surface area contributed by atoms with Gasteiger partial charge < -0.3 is 10.3 Å². The highest BCUT2D eigenvalue weighted by Crippen LogP contribution is 1.50. The quantitative estimate of drug-likeness (QED) is 0.282. The maximum atomic E-state index is 9.38. The van der Waals surface area contributed by atoms with Crippen LogP contribution in [-0.2, 0) is 9.59 Å². The fourth-order valence-corrected chi connectivity index (χ4v) is 0.0676. The van der Waals surface area contributed by atoms with Crippen LogP contribution in [0, 0.1) is 0 Å². The summed E-state index contributed by atoms with van der Waals surface area (Å²) in [6.45, 7) is 2.71. The summed E-state index contributed by atoms with van der Waals surface area (Å²) in [6.07, 6.45) is 1.83. The number of carboxylic acid groups (broad SMARTS) is 1. The Morgan fingerprint density at radius 3 is 2.10 bits per heavy atom. The minimum Gasteiger partial charge on any atom is -0.480 e. The SMILES string of the molecule is C=CC=O.O=C(O)CNO. The van der Waals surface area contributed by atoms with E-state index in [2.05, 4.69) is 6.58 Å². The van der Waals surface area contributed by atoms with Crippen LogP contribution in [0.1, 0.15) is 0 Å². The zero-order chi connectivity index (χ0) is 8.41. The van der Waals surface area contributed by atoms with Gasteiger partial charge in [0.2, 0.25) is 0 Å². The molecule has 3 N–H and O–H groups in total. The zero-order valence-corrected chi connectivity index (χ0v) is 5.28. The fourth-order valence-electron chi connectivity index (χ4n) is 0.0676. The van der Waals surface area contributed by atoms with Crippen LogP contribution in [-0.4, -0.2) is 29.1 Å². The summed E-state index contributed by atoms with van der Waals surface area (Å²) in [7, 11) is 0. The van der Waals surface area contributed by atoms with Gasteiger partial charge in [-0.2, -0.15) is 5.48 Å². The number of carboxylic acids is 1. The standard InChI is InChI=1S/C3H4O.C2H5NO3/c1-2-3-4;4-2(5)1-3-6/h2-3H,1H2;3,6H,1H2,(H,4,5). The van der Waals surface area contributed by atoms with Gasteiger partial charge >= 0.3 is 5.97 Å². The summed E-state index contributed by atoms with van der Waals surface area (Å²) in [5.74, 6) is -1.07. The lowest BCUT2D eigenvalue weighted by Gasteiger charge is -1.83. The van der Waals surface area contributed by atoms with E-state index < -0.39 is 12.5 Å². The number of hydrogen-bond acceptors (Lipinski definition) is 4. The van der Waals surface area contributed by atoms with Crippen LogP contribution in [0.3, 0.4) is 0 Å². The van der Waals surface area contributed by atoms with Crippen molar-refractivity contribution in [2.75, 3.05) is 6.54 Å². The minimum absolute atomic E-state index is 0.403. The van der Waals surface area contributed by atoms with Crippen molar-refractivity contribution in [2.24, 2.45) is 0 Å². The van der Waals surface area contributed by atoms with E-state index in [4.69, 9.17) is 15.1 Å². The van der Waals surface area contributed by atoms with Gasteiger partial charge in [0.05, 0.1) is 0 Å². The smallest absolute Gasteiger partial charge is 0.319 e. The molecule has 0 heterocycles. The summed E-state index contributed by atoms with van der Waals surface area (Å²) < 4.78 is 0. The van der Waals surface area contributed by atoms with Crippen molar-refractivity contribution in [1.82, 2.24) is 5.48 Å². The second kappa shape index (κ2) is 10.7. The van der Waals surface area contributed by atoms with Crippen LogP contribution < -0.4 is 5.48 Å². The normalized spacial score (nSPS) is 6.90. The molecule has 0 fully saturated rings. The molecule has 0 spiro atoms. The van der Waals surface area contributed by atoms with E-state index >= 15 is 0 Å². The number of carbonyl (C=O) groups is 2. The van der Waals surface area contributed by atoms with Crippen LogP contribution in [0.25, 0.3) is 0 Å². The highest BCUT2D eigenvalue weighted by atomic mass is 16.5. The third-order valence-corrected chi connectivity index (χ3v) is 0.327. The van der Waals surface area contributed by atoms with Gasteiger partial charge in [0.25, 0.3) is 0 Å². The van der Waals surface area contributed by atoms with Crippen LogP contribution >= 0.6 is 0 Å². The van der Waals surface area contributed by atoms with Crippen molar-refractivity contribution >= 4 is 12.3 Å². The van der Waals surface area contributed by atoms with E-state index in [1.165, 1.54) is 11.6 Å². The molecule has 0 atom stereocenters. The average molecular weight is 147 g/mol. The predicted molar refractivity (Wildman–Crippen MR) is 33.7 cm³/mol. The molecule has 0 aliphatic heterocycles. The van der Waals surface area contributed by atoms with Crippen molar-refractivity contribution < 1.29 is 19.9 Å². The molecule has 0 bridgehead atoms. The van der Waals surface area contributed by atoms with Gasteiger partial charge in [0, 0.05) is 0 Å². The molecule has 0 saturated heterocycles. The fraction of sp³-hybridized carbons (Fsp3) is 0.200. The van der Waals surface area contributed by atoms with E-state index in [0.29, 0.717) is 6.29 Å². The van der Waals surface area contributed by atoms with E-state index in [-0.39, 0.29) is 0 Å². The molecule has 0 aromatic heterocycles. The van der Waals surface area contributed by atoms with Crippen molar-refractivity contribution in [1.29, 1.82) is 0 Å². The third-order valence-electron chi connectivity index (χ3n) is 0.327. The molecule has 0 amide bonds. The first-order valence-electron chi connectivity index (χ1n) is 2.34. The molecule has 0 aliphatic carbocycles. The number of aliphatic carboxylic acids is 1. The number of hydrogen-bond donors (Lipinski definition) is 3. The lowest BCUT2D eigenvalue weighted by molar-refractivity contribution is -0.137. The van der Waals surface area contributed by atoms with E-state index in [9.17, 15) is 4.79 Å². The number of hydroxylamine groups is 1. The summed E-state index contributed by atoms with van der Waals surface area (Å²) in [6, 6.07) is 0. The molecule has 5 nitrogen and oxygen atoms in total. The molecular formula is C5H9NO4. The topological polar surface area (TPSA) is 86.6 Å². The second-order valence-corrected chi connectivity index (χ2v) is 1.10. The molecule has 0 aromatic carbocycles. The number of nitrogens with one attached hydrogen (secondary N) is 1. The van der Waals surface area contributed by atoms with Crippen LogP contribution in [0.5, 0.6) is 0 Å².